The molecule has 0 saturated carbocycles. The molecule has 2 heterocycles. The zero-order chi connectivity index (χ0) is 22.7. The predicted octanol–water partition coefficient (Wildman–Crippen LogP) is 5.10. The molecule has 0 aliphatic carbocycles. The molecule has 2 aromatic heterocycles. The molecule has 2 N–H and O–H groups in total. The van der Waals surface area contributed by atoms with E-state index in [9.17, 15) is 9.59 Å². The minimum atomic E-state index is -0.282. The van der Waals surface area contributed by atoms with Crippen LogP contribution in [0.5, 0.6) is 0 Å². The monoisotopic (exact) mass is 458 g/mol. The number of carbonyl (C=O) groups is 1. The highest BCUT2D eigenvalue weighted by molar-refractivity contribution is 7.99. The summed E-state index contributed by atoms with van der Waals surface area (Å²) in [5.74, 6) is 0.996. The summed E-state index contributed by atoms with van der Waals surface area (Å²) in [6.45, 7) is 13.2. The van der Waals surface area contributed by atoms with Gasteiger partial charge in [0.1, 0.15) is 10.7 Å². The number of rotatable bonds is 8. The fourth-order valence-electron chi connectivity index (χ4n) is 3.47. The molecule has 31 heavy (non-hydrogen) atoms. The van der Waals surface area contributed by atoms with Crippen LogP contribution in [0.3, 0.4) is 0 Å². The number of fused-ring (bicyclic) bond motifs is 1. The minimum Gasteiger partial charge on any atom is -0.369 e. The van der Waals surface area contributed by atoms with E-state index in [1.807, 2.05) is 45.0 Å². The second kappa shape index (κ2) is 9.87. The maximum absolute atomic E-state index is 12.6. The Morgan fingerprint density at radius 3 is 2.52 bits per heavy atom. The van der Waals surface area contributed by atoms with Gasteiger partial charge >= 0.3 is 0 Å². The molecule has 3 rings (SSSR count). The lowest BCUT2D eigenvalue weighted by Crippen LogP contribution is -2.30. The predicted molar refractivity (Wildman–Crippen MR) is 134 cm³/mol. The third-order valence-corrected chi connectivity index (χ3v) is 7.61. The number of hydrogen-bond donors (Lipinski definition) is 2. The van der Waals surface area contributed by atoms with Crippen molar-refractivity contribution in [1.82, 2.24) is 9.97 Å². The fourth-order valence-corrected chi connectivity index (χ4v) is 5.28. The average Bonchev–Trinajstić information content (AvgIpc) is 3.01. The topological polar surface area (TPSA) is 78.1 Å². The zero-order valence-electron chi connectivity index (χ0n) is 18.9. The Labute approximate surface area is 191 Å². The Kier molecular flexibility index (Phi) is 7.43. The van der Waals surface area contributed by atoms with Crippen LogP contribution in [0.15, 0.2) is 29.1 Å². The number of benzene rings is 1. The van der Waals surface area contributed by atoms with Gasteiger partial charge in [-0.1, -0.05) is 0 Å². The van der Waals surface area contributed by atoms with E-state index in [4.69, 9.17) is 0 Å². The summed E-state index contributed by atoms with van der Waals surface area (Å²) >= 11 is 2.99. The number of thioether (sulfide) groups is 1. The number of aryl methyl sites for hydroxylation is 2. The highest BCUT2D eigenvalue weighted by Crippen LogP contribution is 2.27. The van der Waals surface area contributed by atoms with Crippen molar-refractivity contribution in [3.05, 3.63) is 50.9 Å². The van der Waals surface area contributed by atoms with Crippen molar-refractivity contribution in [3.8, 4) is 0 Å². The van der Waals surface area contributed by atoms with Gasteiger partial charge in [0.25, 0.3) is 5.56 Å². The van der Waals surface area contributed by atoms with Crippen molar-refractivity contribution in [3.63, 3.8) is 0 Å². The van der Waals surface area contributed by atoms with Crippen molar-refractivity contribution in [1.29, 1.82) is 0 Å². The number of hydrogen-bond acceptors (Lipinski definition) is 6. The van der Waals surface area contributed by atoms with Gasteiger partial charge in [-0.05, 0) is 71.4 Å². The molecule has 166 valence electrons. The lowest BCUT2D eigenvalue weighted by atomic mass is 10.2. The van der Waals surface area contributed by atoms with Crippen LogP contribution in [0, 0.1) is 13.8 Å². The standard InChI is InChI=1S/C23H30N4O2S2/c1-7-27(13(2)3)18-10-8-17(9-11-18)24-21(28)16(6)30-12-19-25-22(29)20-14(4)15(5)31-23(20)26-19/h8-11,13,16H,7,12H2,1-6H3,(H,24,28)(H,25,26,29). The normalized spacial score (nSPS) is 12.4. The smallest absolute Gasteiger partial charge is 0.259 e. The molecule has 1 aromatic carbocycles. The van der Waals surface area contributed by atoms with Crippen molar-refractivity contribution in [2.45, 2.75) is 58.6 Å². The third-order valence-electron chi connectivity index (χ3n) is 5.36. The van der Waals surface area contributed by atoms with Gasteiger partial charge in [0.15, 0.2) is 0 Å². The van der Waals surface area contributed by atoms with E-state index in [1.165, 1.54) is 23.1 Å². The molecule has 0 saturated heterocycles. The second-order valence-corrected chi connectivity index (χ2v) is 10.4. The molecule has 0 radical (unpaired) electrons. The van der Waals surface area contributed by atoms with Crippen LogP contribution in [-0.2, 0) is 10.5 Å². The molecule has 6 nitrogen and oxygen atoms in total. The van der Waals surface area contributed by atoms with Crippen molar-refractivity contribution >= 4 is 50.6 Å². The van der Waals surface area contributed by atoms with Gasteiger partial charge in [-0.2, -0.15) is 0 Å². The van der Waals surface area contributed by atoms with E-state index in [0.717, 1.165) is 33.2 Å². The highest BCUT2D eigenvalue weighted by Gasteiger charge is 2.17. The van der Waals surface area contributed by atoms with Crippen LogP contribution in [0.25, 0.3) is 10.2 Å². The Morgan fingerprint density at radius 1 is 1.23 bits per heavy atom. The van der Waals surface area contributed by atoms with E-state index in [-0.39, 0.29) is 16.7 Å². The molecule has 0 fully saturated rings. The first kappa shape index (κ1) is 23.3. The summed E-state index contributed by atoms with van der Waals surface area (Å²) in [4.78, 5) is 36.6. The number of H-pyrrole nitrogens is 1. The lowest BCUT2D eigenvalue weighted by Gasteiger charge is -2.27. The summed E-state index contributed by atoms with van der Waals surface area (Å²) < 4.78 is 0. The number of nitrogens with one attached hydrogen (secondary N) is 2. The Hall–Kier alpha value is -2.32. The van der Waals surface area contributed by atoms with Gasteiger partial charge in [0.05, 0.1) is 16.4 Å². The molecule has 0 aliphatic heterocycles. The third kappa shape index (κ3) is 5.30. The molecule has 8 heteroatoms. The Bertz CT molecular complexity index is 1120. The molecule has 0 bridgehead atoms. The van der Waals surface area contributed by atoms with Gasteiger partial charge in [-0.15, -0.1) is 23.1 Å². The van der Waals surface area contributed by atoms with Crippen LogP contribution < -0.4 is 15.8 Å². The number of aromatic nitrogens is 2. The van der Waals surface area contributed by atoms with Gasteiger partial charge < -0.3 is 15.2 Å². The van der Waals surface area contributed by atoms with Gasteiger partial charge in [-0.25, -0.2) is 4.98 Å². The first-order valence-corrected chi connectivity index (χ1v) is 12.4. The number of amides is 1. The highest BCUT2D eigenvalue weighted by atomic mass is 32.2. The summed E-state index contributed by atoms with van der Waals surface area (Å²) in [6, 6.07) is 8.36. The summed E-state index contributed by atoms with van der Waals surface area (Å²) in [7, 11) is 0. The largest absolute Gasteiger partial charge is 0.369 e. The summed E-state index contributed by atoms with van der Waals surface area (Å²) in [5, 5.41) is 3.36. The lowest BCUT2D eigenvalue weighted by molar-refractivity contribution is -0.115. The molecule has 3 aromatic rings. The van der Waals surface area contributed by atoms with E-state index in [1.54, 1.807) is 0 Å². The summed E-state index contributed by atoms with van der Waals surface area (Å²) in [6.07, 6.45) is 0. The molecule has 1 atom stereocenters. The van der Waals surface area contributed by atoms with Crippen LogP contribution in [0.4, 0.5) is 11.4 Å². The molecule has 0 spiro atoms. The van der Waals surface area contributed by atoms with Gasteiger partial charge in [-0.3, -0.25) is 9.59 Å². The van der Waals surface area contributed by atoms with Gasteiger partial charge in [0, 0.05) is 28.8 Å². The number of thiophene rings is 1. The van der Waals surface area contributed by atoms with Crippen LogP contribution in [-0.4, -0.2) is 33.7 Å². The molecular weight excluding hydrogens is 428 g/mol. The molecule has 0 aliphatic rings. The Balaban J connectivity index is 1.61. The van der Waals surface area contributed by atoms with E-state index in [2.05, 4.69) is 41.0 Å². The van der Waals surface area contributed by atoms with Crippen LogP contribution in [0.1, 0.15) is 44.0 Å². The van der Waals surface area contributed by atoms with E-state index >= 15 is 0 Å². The molecule has 1 unspecified atom stereocenters. The van der Waals surface area contributed by atoms with Crippen molar-refractivity contribution in [2.75, 3.05) is 16.8 Å². The Morgan fingerprint density at radius 2 is 1.90 bits per heavy atom. The van der Waals surface area contributed by atoms with E-state index in [0.29, 0.717) is 23.0 Å². The maximum Gasteiger partial charge on any atom is 0.259 e. The quantitative estimate of drug-likeness (QED) is 0.491. The van der Waals surface area contributed by atoms with E-state index < -0.39 is 0 Å². The fraction of sp³-hybridized carbons (Fsp3) is 0.435. The molecular formula is C23H30N4O2S2. The van der Waals surface area contributed by atoms with Crippen LogP contribution in [0.2, 0.25) is 0 Å². The maximum atomic E-state index is 12.6. The SMILES string of the molecule is CCN(c1ccc(NC(=O)C(C)SCc2nc3sc(C)c(C)c3c(=O)[nH]2)cc1)C(C)C. The minimum absolute atomic E-state index is 0.0693. The first-order valence-electron chi connectivity index (χ1n) is 10.5. The number of nitrogens with zero attached hydrogens (tertiary/aromatic N) is 2. The van der Waals surface area contributed by atoms with Gasteiger partial charge in [0.2, 0.25) is 5.91 Å². The first-order chi connectivity index (χ1) is 14.7. The van der Waals surface area contributed by atoms with Crippen molar-refractivity contribution < 1.29 is 4.79 Å². The van der Waals surface area contributed by atoms with Crippen LogP contribution >= 0.6 is 23.1 Å². The number of aromatic amines is 1. The van der Waals surface area contributed by atoms with Crippen molar-refractivity contribution in [2.24, 2.45) is 0 Å². The average molecular weight is 459 g/mol. The zero-order valence-corrected chi connectivity index (χ0v) is 20.5. The number of anilines is 2. The second-order valence-electron chi connectivity index (χ2n) is 7.85. The summed E-state index contributed by atoms with van der Waals surface area (Å²) in [5.41, 5.74) is 2.80. The molecule has 1 amide bonds. The number of carbonyl (C=O) groups excluding carboxylic acids is 1.